The molecule has 0 aliphatic rings. The fourth-order valence-electron chi connectivity index (χ4n) is 3.23. The Kier molecular flexibility index (Phi) is 6.58. The number of aromatic nitrogens is 4. The Hall–Kier alpha value is -3.78. The lowest BCUT2D eigenvalue weighted by Gasteiger charge is -2.13. The third kappa shape index (κ3) is 5.06. The topological polar surface area (TPSA) is 105 Å². The molecule has 2 aromatic heterocycles. The van der Waals surface area contributed by atoms with Gasteiger partial charge in [-0.05, 0) is 24.3 Å². The van der Waals surface area contributed by atoms with E-state index in [1.54, 1.807) is 0 Å². The Labute approximate surface area is 212 Å². The molecule has 4 aromatic rings. The number of carbonyl (C=O) groups excluding carboxylic acids is 1. The molecule has 37 heavy (non-hydrogen) atoms. The van der Waals surface area contributed by atoms with Crippen LogP contribution in [0.1, 0.15) is 21.9 Å². The SMILES string of the molecule is COC(=O)c1ccc(Oc2cc(Cl)c(-n3nc4nc(C(F)(F)F)nc(C(F)(F)F)c4c3N)c(Cl)c2)cc1. The Morgan fingerprint density at radius 3 is 2.05 bits per heavy atom. The molecule has 0 saturated carbocycles. The normalized spacial score (nSPS) is 12.1. The highest BCUT2D eigenvalue weighted by Gasteiger charge is 2.43. The summed E-state index contributed by atoms with van der Waals surface area (Å²) in [5.41, 5.74) is 2.96. The van der Waals surface area contributed by atoms with E-state index in [0.29, 0.717) is 4.68 Å². The van der Waals surface area contributed by atoms with Gasteiger partial charge >= 0.3 is 18.3 Å². The van der Waals surface area contributed by atoms with Crippen molar-refractivity contribution in [3.63, 3.8) is 0 Å². The first-order valence-electron chi connectivity index (χ1n) is 9.77. The van der Waals surface area contributed by atoms with Crippen molar-refractivity contribution >= 4 is 46.0 Å². The largest absolute Gasteiger partial charge is 0.465 e. The number of alkyl halides is 6. The summed E-state index contributed by atoms with van der Waals surface area (Å²) in [7, 11) is 1.22. The van der Waals surface area contributed by atoms with Crippen molar-refractivity contribution in [3.05, 3.63) is 63.5 Å². The molecular weight excluding hydrogens is 555 g/mol. The number of benzene rings is 2. The molecule has 16 heteroatoms. The van der Waals surface area contributed by atoms with Crippen LogP contribution in [-0.2, 0) is 17.1 Å². The number of nitrogen functional groups attached to an aromatic ring is 1. The molecule has 0 bridgehead atoms. The number of hydrogen-bond donors (Lipinski definition) is 1. The number of methoxy groups -OCH3 is 1. The van der Waals surface area contributed by atoms with Crippen LogP contribution in [0, 0.1) is 0 Å². The zero-order valence-corrected chi connectivity index (χ0v) is 19.6. The summed E-state index contributed by atoms with van der Waals surface area (Å²) < 4.78 is 90.8. The second-order valence-electron chi connectivity index (χ2n) is 7.24. The summed E-state index contributed by atoms with van der Waals surface area (Å²) in [5.74, 6) is -3.01. The Morgan fingerprint density at radius 2 is 1.54 bits per heavy atom. The summed E-state index contributed by atoms with van der Waals surface area (Å²) in [6.07, 6.45) is -10.6. The highest BCUT2D eigenvalue weighted by atomic mass is 35.5. The number of halogens is 8. The highest BCUT2D eigenvalue weighted by Crippen LogP contribution is 2.41. The monoisotopic (exact) mass is 565 g/mol. The van der Waals surface area contributed by atoms with Crippen LogP contribution in [0.15, 0.2) is 36.4 Å². The summed E-state index contributed by atoms with van der Waals surface area (Å²) in [5, 5.41) is 2.29. The summed E-state index contributed by atoms with van der Waals surface area (Å²) in [4.78, 5) is 17.3. The number of nitrogens with two attached hydrogens (primary N) is 1. The molecule has 2 heterocycles. The van der Waals surface area contributed by atoms with E-state index in [9.17, 15) is 31.1 Å². The van der Waals surface area contributed by atoms with E-state index in [1.807, 2.05) is 0 Å². The molecule has 2 N–H and O–H groups in total. The molecule has 0 unspecified atom stereocenters. The Balaban J connectivity index is 1.78. The minimum Gasteiger partial charge on any atom is -0.465 e. The van der Waals surface area contributed by atoms with Gasteiger partial charge in [-0.3, -0.25) is 0 Å². The zero-order chi connectivity index (χ0) is 27.3. The Bertz CT molecular complexity index is 1500. The third-order valence-corrected chi connectivity index (χ3v) is 5.38. The van der Waals surface area contributed by atoms with E-state index in [2.05, 4.69) is 19.8 Å². The summed E-state index contributed by atoms with van der Waals surface area (Å²) in [6.45, 7) is 0. The average molecular weight is 566 g/mol. The van der Waals surface area contributed by atoms with Crippen LogP contribution in [0.5, 0.6) is 11.5 Å². The number of ether oxygens (including phenoxy) is 2. The van der Waals surface area contributed by atoms with Crippen molar-refractivity contribution in [1.29, 1.82) is 0 Å². The predicted octanol–water partition coefficient (Wildman–Crippen LogP) is 6.32. The van der Waals surface area contributed by atoms with Gasteiger partial charge in [0, 0.05) is 12.1 Å². The van der Waals surface area contributed by atoms with Crippen LogP contribution in [-0.4, -0.2) is 32.8 Å². The van der Waals surface area contributed by atoms with Crippen molar-refractivity contribution in [2.75, 3.05) is 12.8 Å². The minimum atomic E-state index is -5.31. The number of nitrogens with zero attached hydrogens (tertiary/aromatic N) is 4. The van der Waals surface area contributed by atoms with Crippen molar-refractivity contribution < 1.29 is 40.6 Å². The molecule has 4 rings (SSSR count). The minimum absolute atomic E-state index is 0.0787. The standard InChI is InChI=1S/C21H11Cl2F6N5O3/c1-36-18(35)8-2-4-9(5-3-8)37-10-6-11(22)14(12(23)7-10)34-16(30)13-15(20(24,25)26)31-19(21(27,28)29)32-17(13)33-34/h2-7H,30H2,1H3. The van der Waals surface area contributed by atoms with Crippen LogP contribution in [0.2, 0.25) is 10.0 Å². The number of fused-ring (bicyclic) bond motifs is 1. The quantitative estimate of drug-likeness (QED) is 0.228. The van der Waals surface area contributed by atoms with Gasteiger partial charge in [0.05, 0.1) is 28.1 Å². The maximum absolute atomic E-state index is 13.5. The molecule has 0 fully saturated rings. The van der Waals surface area contributed by atoms with Gasteiger partial charge < -0.3 is 15.2 Å². The number of carbonyl (C=O) groups is 1. The smallest absolute Gasteiger partial charge is 0.451 e. The molecule has 0 atom stereocenters. The molecule has 2 aromatic carbocycles. The van der Waals surface area contributed by atoms with Crippen molar-refractivity contribution in [1.82, 2.24) is 19.7 Å². The number of anilines is 1. The van der Waals surface area contributed by atoms with Gasteiger partial charge in [-0.15, -0.1) is 5.10 Å². The van der Waals surface area contributed by atoms with Gasteiger partial charge in [-0.25, -0.2) is 19.4 Å². The number of esters is 1. The average Bonchev–Trinajstić information content (AvgIpc) is 3.12. The van der Waals surface area contributed by atoms with Crippen LogP contribution >= 0.6 is 23.2 Å². The van der Waals surface area contributed by atoms with E-state index < -0.39 is 46.7 Å². The van der Waals surface area contributed by atoms with Gasteiger partial charge in [-0.2, -0.15) is 26.3 Å². The first-order chi connectivity index (χ1) is 17.2. The lowest BCUT2D eigenvalue weighted by molar-refractivity contribution is -0.151. The number of hydrogen-bond acceptors (Lipinski definition) is 7. The highest BCUT2D eigenvalue weighted by molar-refractivity contribution is 6.38. The molecule has 0 aliphatic heterocycles. The molecule has 0 aliphatic carbocycles. The lowest BCUT2D eigenvalue weighted by Crippen LogP contribution is -2.17. The van der Waals surface area contributed by atoms with Crippen molar-refractivity contribution in [2.45, 2.75) is 12.4 Å². The van der Waals surface area contributed by atoms with E-state index in [0.717, 1.165) is 0 Å². The van der Waals surface area contributed by atoms with Crippen LogP contribution in [0.3, 0.4) is 0 Å². The Morgan fingerprint density at radius 1 is 0.946 bits per heavy atom. The molecule has 0 spiro atoms. The van der Waals surface area contributed by atoms with Gasteiger partial charge in [0.25, 0.3) is 0 Å². The van der Waals surface area contributed by atoms with Crippen molar-refractivity contribution in [2.24, 2.45) is 0 Å². The van der Waals surface area contributed by atoms with Gasteiger partial charge in [0.15, 0.2) is 11.3 Å². The third-order valence-electron chi connectivity index (χ3n) is 4.80. The van der Waals surface area contributed by atoms with E-state index in [1.165, 1.54) is 43.5 Å². The maximum atomic E-state index is 13.5. The molecule has 0 amide bonds. The van der Waals surface area contributed by atoms with Gasteiger partial charge in [-0.1, -0.05) is 23.2 Å². The second-order valence-corrected chi connectivity index (χ2v) is 8.05. The predicted molar refractivity (Wildman–Crippen MR) is 119 cm³/mol. The first-order valence-corrected chi connectivity index (χ1v) is 10.5. The van der Waals surface area contributed by atoms with Crippen LogP contribution in [0.4, 0.5) is 32.2 Å². The van der Waals surface area contributed by atoms with E-state index in [4.69, 9.17) is 33.7 Å². The maximum Gasteiger partial charge on any atom is 0.451 e. The lowest BCUT2D eigenvalue weighted by atomic mass is 10.2. The number of rotatable bonds is 4. The zero-order valence-electron chi connectivity index (χ0n) is 18.1. The van der Waals surface area contributed by atoms with Crippen LogP contribution in [0.25, 0.3) is 16.7 Å². The fourth-order valence-corrected chi connectivity index (χ4v) is 3.86. The molecule has 0 radical (unpaired) electrons. The van der Waals surface area contributed by atoms with Gasteiger partial charge in [0.1, 0.15) is 23.0 Å². The fraction of sp³-hybridized carbons (Fsp3) is 0.143. The molecule has 0 saturated heterocycles. The summed E-state index contributed by atoms with van der Waals surface area (Å²) in [6, 6.07) is 8.22. The van der Waals surface area contributed by atoms with E-state index >= 15 is 0 Å². The van der Waals surface area contributed by atoms with Gasteiger partial charge in [0.2, 0.25) is 5.82 Å². The first kappa shape index (κ1) is 26.3. The van der Waals surface area contributed by atoms with Crippen molar-refractivity contribution in [3.8, 4) is 17.2 Å². The molecule has 8 nitrogen and oxygen atoms in total. The van der Waals surface area contributed by atoms with E-state index in [-0.39, 0.29) is 32.8 Å². The van der Waals surface area contributed by atoms with Crippen LogP contribution < -0.4 is 10.5 Å². The second kappa shape index (κ2) is 9.27. The molecular formula is C21H11Cl2F6N5O3. The summed E-state index contributed by atoms with van der Waals surface area (Å²) >= 11 is 12.5. The molecule has 194 valence electrons.